The molecule has 0 saturated carbocycles. The Kier molecular flexibility index (Phi) is 5.32. The molecule has 0 aromatic heterocycles. The van der Waals surface area contributed by atoms with Crippen LogP contribution in [-0.4, -0.2) is 0 Å². The van der Waals surface area contributed by atoms with Gasteiger partial charge in [0.25, 0.3) is 0 Å². The van der Waals surface area contributed by atoms with Crippen molar-refractivity contribution in [3.63, 3.8) is 0 Å². The van der Waals surface area contributed by atoms with E-state index in [9.17, 15) is 0 Å². The van der Waals surface area contributed by atoms with E-state index >= 15 is 0 Å². The van der Waals surface area contributed by atoms with Gasteiger partial charge in [0, 0.05) is 4.48 Å². The van der Waals surface area contributed by atoms with Crippen LogP contribution in [0.1, 0.15) is 20.3 Å². The number of allylic oxidation sites excluding steroid dienone is 5. The second-order valence-corrected chi connectivity index (χ2v) is 3.01. The molecule has 0 unspecified atom stereocenters. The Morgan fingerprint density at radius 2 is 2.20 bits per heavy atom. The van der Waals surface area contributed by atoms with Gasteiger partial charge >= 0.3 is 0 Å². The van der Waals surface area contributed by atoms with Gasteiger partial charge in [-0.15, -0.1) is 0 Å². The van der Waals surface area contributed by atoms with Crippen molar-refractivity contribution in [1.29, 1.82) is 0 Å². The van der Waals surface area contributed by atoms with E-state index < -0.39 is 0 Å². The molecule has 0 nitrogen and oxygen atoms in total. The molecule has 1 heteroatoms. The second-order valence-electron chi connectivity index (χ2n) is 2.09. The van der Waals surface area contributed by atoms with E-state index in [0.29, 0.717) is 0 Å². The fourth-order valence-corrected chi connectivity index (χ4v) is 1.02. The van der Waals surface area contributed by atoms with Crippen molar-refractivity contribution in [2.75, 3.05) is 0 Å². The molecule has 0 amide bonds. The largest absolute Gasteiger partial charge is 0.0979 e. The van der Waals surface area contributed by atoms with Gasteiger partial charge in [-0.05, 0) is 19.4 Å². The third-order valence-corrected chi connectivity index (χ3v) is 1.64. The van der Waals surface area contributed by atoms with Crippen LogP contribution in [0.5, 0.6) is 0 Å². The average Bonchev–Trinajstić information content (AvgIpc) is 1.88. The number of hydrogen-bond donors (Lipinski definition) is 0. The molecule has 0 aromatic carbocycles. The van der Waals surface area contributed by atoms with Gasteiger partial charge in [0.15, 0.2) is 0 Å². The van der Waals surface area contributed by atoms with Gasteiger partial charge < -0.3 is 0 Å². The maximum absolute atomic E-state index is 3.63. The lowest BCUT2D eigenvalue weighted by molar-refractivity contribution is 1.20. The Hall–Kier alpha value is -0.300. The lowest BCUT2D eigenvalue weighted by Crippen LogP contribution is -1.68. The summed E-state index contributed by atoms with van der Waals surface area (Å²) in [6, 6.07) is 0. The van der Waals surface area contributed by atoms with E-state index in [-0.39, 0.29) is 0 Å². The predicted octanol–water partition coefficient (Wildman–Crippen LogP) is 3.81. The highest BCUT2D eigenvalue weighted by Crippen LogP contribution is 2.09. The van der Waals surface area contributed by atoms with Crippen LogP contribution < -0.4 is 0 Å². The maximum atomic E-state index is 3.63. The Morgan fingerprint density at radius 3 is 2.60 bits per heavy atom. The Balaban J connectivity index is 4.11. The van der Waals surface area contributed by atoms with Crippen LogP contribution in [0.25, 0.3) is 0 Å². The molecule has 0 aliphatic carbocycles. The minimum absolute atomic E-state index is 1.04. The highest BCUT2D eigenvalue weighted by molar-refractivity contribution is 9.11. The molecule has 0 aliphatic rings. The molecule has 0 bridgehead atoms. The van der Waals surface area contributed by atoms with Crippen molar-refractivity contribution in [2.24, 2.45) is 0 Å². The number of halogens is 1. The van der Waals surface area contributed by atoms with Gasteiger partial charge in [-0.3, -0.25) is 0 Å². The Labute approximate surface area is 71.5 Å². The zero-order valence-electron chi connectivity index (χ0n) is 6.52. The lowest BCUT2D eigenvalue weighted by Gasteiger charge is -1.90. The molecular formula is C9H13Br. The molecule has 56 valence electrons. The summed E-state index contributed by atoms with van der Waals surface area (Å²) in [4.78, 5) is 0. The Bertz CT molecular complexity index is 164. The predicted molar refractivity (Wildman–Crippen MR) is 51.3 cm³/mol. The molecular weight excluding hydrogens is 188 g/mol. The summed E-state index contributed by atoms with van der Waals surface area (Å²) >= 11 is 3.35. The molecule has 0 spiro atoms. The van der Waals surface area contributed by atoms with Crippen LogP contribution in [-0.2, 0) is 0 Å². The van der Waals surface area contributed by atoms with Crippen molar-refractivity contribution < 1.29 is 0 Å². The summed E-state index contributed by atoms with van der Waals surface area (Å²) in [5.41, 5.74) is 1.27. The SMILES string of the molecule is C=C/C(Br)=C\C(C)=C/CC. The van der Waals surface area contributed by atoms with Crippen LogP contribution in [0.2, 0.25) is 0 Å². The standard InChI is InChI=1S/C9H13Br/c1-4-6-8(3)7-9(10)5-2/h5-7H,2,4H2,1,3H3/b8-6-,9-7+. The van der Waals surface area contributed by atoms with E-state index in [1.54, 1.807) is 6.08 Å². The quantitative estimate of drug-likeness (QED) is 0.609. The van der Waals surface area contributed by atoms with E-state index in [2.05, 4.69) is 48.5 Å². The average molecular weight is 201 g/mol. The summed E-state index contributed by atoms with van der Waals surface area (Å²) in [6.45, 7) is 7.83. The van der Waals surface area contributed by atoms with E-state index in [1.165, 1.54) is 5.57 Å². The van der Waals surface area contributed by atoms with E-state index in [0.717, 1.165) is 10.9 Å². The van der Waals surface area contributed by atoms with Crippen LogP contribution in [0, 0.1) is 0 Å². The summed E-state index contributed by atoms with van der Waals surface area (Å²) in [7, 11) is 0. The third kappa shape index (κ3) is 4.57. The van der Waals surface area contributed by atoms with Crippen LogP contribution >= 0.6 is 15.9 Å². The molecule has 0 radical (unpaired) electrons. The molecule has 0 heterocycles. The summed E-state index contributed by atoms with van der Waals surface area (Å²) in [5.74, 6) is 0. The van der Waals surface area contributed by atoms with Crippen LogP contribution in [0.3, 0.4) is 0 Å². The van der Waals surface area contributed by atoms with Gasteiger partial charge in [-0.1, -0.05) is 47.2 Å². The monoisotopic (exact) mass is 200 g/mol. The third-order valence-electron chi connectivity index (χ3n) is 1.09. The molecule has 0 fully saturated rings. The fraction of sp³-hybridized carbons (Fsp3) is 0.333. The van der Waals surface area contributed by atoms with E-state index in [1.807, 2.05) is 0 Å². The van der Waals surface area contributed by atoms with Crippen molar-refractivity contribution in [3.05, 3.63) is 34.9 Å². The minimum atomic E-state index is 1.04. The molecule has 0 atom stereocenters. The highest BCUT2D eigenvalue weighted by Gasteiger charge is 1.83. The second kappa shape index (κ2) is 5.48. The first kappa shape index (κ1) is 9.70. The summed E-state index contributed by atoms with van der Waals surface area (Å²) < 4.78 is 1.04. The van der Waals surface area contributed by atoms with Gasteiger partial charge in [-0.25, -0.2) is 0 Å². The normalized spacial score (nSPS) is 13.5. The smallest absolute Gasteiger partial charge is 0.0171 e. The number of hydrogen-bond acceptors (Lipinski definition) is 0. The van der Waals surface area contributed by atoms with Gasteiger partial charge in [0.2, 0.25) is 0 Å². The molecule has 0 rings (SSSR count). The molecule has 0 aromatic rings. The van der Waals surface area contributed by atoms with Crippen LogP contribution in [0.4, 0.5) is 0 Å². The van der Waals surface area contributed by atoms with Crippen LogP contribution in [0.15, 0.2) is 34.9 Å². The van der Waals surface area contributed by atoms with Crippen molar-refractivity contribution >= 4 is 15.9 Å². The zero-order valence-corrected chi connectivity index (χ0v) is 8.11. The molecule has 0 saturated heterocycles. The van der Waals surface area contributed by atoms with Crippen molar-refractivity contribution in [1.82, 2.24) is 0 Å². The number of rotatable bonds is 3. The molecule has 10 heavy (non-hydrogen) atoms. The molecule has 0 N–H and O–H groups in total. The summed E-state index contributed by atoms with van der Waals surface area (Å²) in [5, 5.41) is 0. The lowest BCUT2D eigenvalue weighted by atomic mass is 10.2. The first-order chi connectivity index (χ1) is 4.70. The van der Waals surface area contributed by atoms with Gasteiger partial charge in [0.1, 0.15) is 0 Å². The van der Waals surface area contributed by atoms with Crippen molar-refractivity contribution in [2.45, 2.75) is 20.3 Å². The Morgan fingerprint density at radius 1 is 1.60 bits per heavy atom. The summed E-state index contributed by atoms with van der Waals surface area (Å²) in [6.07, 6.45) is 7.09. The molecule has 0 aliphatic heterocycles. The fourth-order valence-electron chi connectivity index (χ4n) is 0.657. The van der Waals surface area contributed by atoms with Crippen molar-refractivity contribution in [3.8, 4) is 0 Å². The highest BCUT2D eigenvalue weighted by atomic mass is 79.9. The first-order valence-electron chi connectivity index (χ1n) is 3.37. The zero-order chi connectivity index (χ0) is 7.98. The minimum Gasteiger partial charge on any atom is -0.0979 e. The van der Waals surface area contributed by atoms with E-state index in [4.69, 9.17) is 0 Å². The topological polar surface area (TPSA) is 0 Å². The first-order valence-corrected chi connectivity index (χ1v) is 4.16. The maximum Gasteiger partial charge on any atom is 0.0171 e. The van der Waals surface area contributed by atoms with Gasteiger partial charge in [0.05, 0.1) is 0 Å². The van der Waals surface area contributed by atoms with Gasteiger partial charge in [-0.2, -0.15) is 0 Å².